The van der Waals surface area contributed by atoms with Crippen LogP contribution in [0.2, 0.25) is 0 Å². The molecule has 0 unspecified atom stereocenters. The molecule has 0 saturated carbocycles. The van der Waals surface area contributed by atoms with Crippen LogP contribution in [0.25, 0.3) is 0 Å². The van der Waals surface area contributed by atoms with Crippen molar-refractivity contribution >= 4 is 11.4 Å². The van der Waals surface area contributed by atoms with E-state index in [0.717, 1.165) is 25.2 Å². The van der Waals surface area contributed by atoms with Gasteiger partial charge in [0.2, 0.25) is 0 Å². The first-order valence-electron chi connectivity index (χ1n) is 6.34. The first kappa shape index (κ1) is 15.2. The minimum atomic E-state index is -0.422. The van der Waals surface area contributed by atoms with Crippen molar-refractivity contribution in [2.24, 2.45) is 0 Å². The van der Waals surface area contributed by atoms with Crippen molar-refractivity contribution in [2.45, 2.75) is 13.3 Å². The third-order valence-corrected chi connectivity index (χ3v) is 2.51. The molecule has 0 saturated heterocycles. The van der Waals surface area contributed by atoms with E-state index in [1.54, 1.807) is 12.1 Å². The topological polar surface area (TPSA) is 67.6 Å². The van der Waals surface area contributed by atoms with E-state index in [1.165, 1.54) is 6.07 Å². The lowest BCUT2D eigenvalue weighted by atomic mass is 10.2. The van der Waals surface area contributed by atoms with Crippen LogP contribution in [-0.2, 0) is 0 Å². The van der Waals surface area contributed by atoms with Crippen molar-refractivity contribution < 1.29 is 9.66 Å². The number of hydrogen-bond acceptors (Lipinski definition) is 5. The van der Waals surface area contributed by atoms with Gasteiger partial charge in [0.1, 0.15) is 0 Å². The summed E-state index contributed by atoms with van der Waals surface area (Å²) in [5.41, 5.74) is 0.838. The van der Waals surface area contributed by atoms with Crippen molar-refractivity contribution in [1.29, 1.82) is 0 Å². The first-order valence-corrected chi connectivity index (χ1v) is 6.34. The molecule has 0 aliphatic rings. The summed E-state index contributed by atoms with van der Waals surface area (Å²) >= 11 is 0. The zero-order valence-electron chi connectivity index (χ0n) is 11.7. The number of likely N-dealkylation sites (N-methyl/N-ethyl adjacent to an activating group) is 1. The summed E-state index contributed by atoms with van der Waals surface area (Å²) in [6.07, 6.45) is 0.815. The number of nitrogens with zero attached hydrogens (tertiary/aromatic N) is 2. The SMILES string of the molecule is CCCOc1cc(NCCN(C)C)ccc1[N+](=O)[O-]. The van der Waals surface area contributed by atoms with Gasteiger partial charge in [0, 0.05) is 30.9 Å². The molecule has 1 aromatic rings. The van der Waals surface area contributed by atoms with Gasteiger partial charge in [-0.1, -0.05) is 6.92 Å². The van der Waals surface area contributed by atoms with E-state index >= 15 is 0 Å². The predicted molar refractivity (Wildman–Crippen MR) is 75.9 cm³/mol. The third-order valence-electron chi connectivity index (χ3n) is 2.51. The minimum absolute atomic E-state index is 0.00612. The summed E-state index contributed by atoms with van der Waals surface area (Å²) in [5.74, 6) is 0.321. The largest absolute Gasteiger partial charge is 0.487 e. The molecular weight excluding hydrogens is 246 g/mol. The molecule has 1 rings (SSSR count). The van der Waals surface area contributed by atoms with Crippen LogP contribution in [0.15, 0.2) is 18.2 Å². The van der Waals surface area contributed by atoms with Crippen LogP contribution in [0.5, 0.6) is 5.75 Å². The Kier molecular flexibility index (Phi) is 6.08. The number of benzene rings is 1. The number of rotatable bonds is 8. The van der Waals surface area contributed by atoms with Gasteiger partial charge >= 0.3 is 5.69 Å². The second kappa shape index (κ2) is 7.58. The molecule has 19 heavy (non-hydrogen) atoms. The highest BCUT2D eigenvalue weighted by molar-refractivity contribution is 5.58. The quantitative estimate of drug-likeness (QED) is 0.578. The Morgan fingerprint density at radius 2 is 2.16 bits per heavy atom. The number of ether oxygens (including phenoxy) is 1. The molecule has 1 aromatic carbocycles. The first-order chi connectivity index (χ1) is 9.04. The maximum Gasteiger partial charge on any atom is 0.311 e. The minimum Gasteiger partial charge on any atom is -0.487 e. The average molecular weight is 267 g/mol. The summed E-state index contributed by atoms with van der Waals surface area (Å²) in [7, 11) is 3.99. The van der Waals surface area contributed by atoms with E-state index in [1.807, 2.05) is 21.0 Å². The van der Waals surface area contributed by atoms with Crippen LogP contribution in [0.3, 0.4) is 0 Å². The van der Waals surface area contributed by atoms with Gasteiger partial charge in [0.05, 0.1) is 11.5 Å². The Morgan fingerprint density at radius 1 is 1.42 bits per heavy atom. The fourth-order valence-corrected chi connectivity index (χ4v) is 1.53. The Hall–Kier alpha value is -1.82. The molecule has 0 heterocycles. The summed E-state index contributed by atoms with van der Waals surface area (Å²) < 4.78 is 5.42. The average Bonchev–Trinajstić information content (AvgIpc) is 2.35. The van der Waals surface area contributed by atoms with Gasteiger partial charge in [-0.15, -0.1) is 0 Å². The molecule has 0 radical (unpaired) electrons. The molecule has 0 aliphatic carbocycles. The van der Waals surface area contributed by atoms with Crippen molar-refractivity contribution in [1.82, 2.24) is 4.90 Å². The fraction of sp³-hybridized carbons (Fsp3) is 0.538. The van der Waals surface area contributed by atoms with Gasteiger partial charge in [-0.3, -0.25) is 10.1 Å². The maximum absolute atomic E-state index is 10.9. The molecule has 0 amide bonds. The van der Waals surface area contributed by atoms with Gasteiger partial charge in [0.25, 0.3) is 0 Å². The van der Waals surface area contributed by atoms with Crippen LogP contribution in [0.1, 0.15) is 13.3 Å². The van der Waals surface area contributed by atoms with E-state index in [-0.39, 0.29) is 5.69 Å². The molecule has 0 fully saturated rings. The normalized spacial score (nSPS) is 10.5. The van der Waals surface area contributed by atoms with Gasteiger partial charge in [-0.05, 0) is 26.6 Å². The Balaban J connectivity index is 2.76. The molecule has 1 N–H and O–H groups in total. The molecular formula is C13H21N3O3. The van der Waals surface area contributed by atoms with Gasteiger partial charge < -0.3 is 15.0 Å². The molecule has 0 bridgehead atoms. The van der Waals surface area contributed by atoms with Gasteiger partial charge in [-0.25, -0.2) is 0 Å². The van der Waals surface area contributed by atoms with Gasteiger partial charge in [0.15, 0.2) is 5.75 Å². The lowest BCUT2D eigenvalue weighted by molar-refractivity contribution is -0.385. The van der Waals surface area contributed by atoms with Crippen LogP contribution in [-0.4, -0.2) is 43.6 Å². The van der Waals surface area contributed by atoms with E-state index in [2.05, 4.69) is 10.2 Å². The molecule has 6 nitrogen and oxygen atoms in total. The number of hydrogen-bond donors (Lipinski definition) is 1. The number of nitro groups is 1. The highest BCUT2D eigenvalue weighted by Gasteiger charge is 2.15. The Bertz CT molecular complexity index is 422. The zero-order chi connectivity index (χ0) is 14.3. The molecule has 0 aliphatic heterocycles. The summed E-state index contributed by atoms with van der Waals surface area (Å²) in [5, 5.41) is 14.1. The van der Waals surface area contributed by atoms with Crippen molar-refractivity contribution in [3.8, 4) is 5.75 Å². The van der Waals surface area contributed by atoms with Crippen LogP contribution < -0.4 is 10.1 Å². The number of nitrogens with one attached hydrogen (secondary N) is 1. The van der Waals surface area contributed by atoms with E-state index < -0.39 is 4.92 Å². The third kappa shape index (κ3) is 5.13. The number of anilines is 1. The highest BCUT2D eigenvalue weighted by Crippen LogP contribution is 2.30. The summed E-state index contributed by atoms with van der Waals surface area (Å²) in [4.78, 5) is 12.5. The molecule has 0 aromatic heterocycles. The molecule has 0 spiro atoms. The molecule has 106 valence electrons. The second-order valence-corrected chi connectivity index (χ2v) is 4.52. The smallest absolute Gasteiger partial charge is 0.311 e. The molecule has 0 atom stereocenters. The maximum atomic E-state index is 10.9. The van der Waals surface area contributed by atoms with Crippen molar-refractivity contribution in [3.63, 3.8) is 0 Å². The second-order valence-electron chi connectivity index (χ2n) is 4.52. The lowest BCUT2D eigenvalue weighted by Crippen LogP contribution is -2.20. The van der Waals surface area contributed by atoms with Crippen LogP contribution >= 0.6 is 0 Å². The van der Waals surface area contributed by atoms with Crippen LogP contribution in [0.4, 0.5) is 11.4 Å². The van der Waals surface area contributed by atoms with E-state index in [9.17, 15) is 10.1 Å². The van der Waals surface area contributed by atoms with Gasteiger partial charge in [-0.2, -0.15) is 0 Å². The lowest BCUT2D eigenvalue weighted by Gasteiger charge is -2.12. The predicted octanol–water partition coefficient (Wildman–Crippen LogP) is 2.36. The summed E-state index contributed by atoms with van der Waals surface area (Å²) in [6.45, 7) is 4.10. The standard InChI is InChI=1S/C13H21N3O3/c1-4-9-19-13-10-11(14-7-8-15(2)3)5-6-12(13)16(17)18/h5-6,10,14H,4,7-9H2,1-3H3. The molecule has 6 heteroatoms. The Morgan fingerprint density at radius 3 is 2.74 bits per heavy atom. The van der Waals surface area contributed by atoms with Crippen molar-refractivity contribution in [2.75, 3.05) is 39.1 Å². The fourth-order valence-electron chi connectivity index (χ4n) is 1.53. The monoisotopic (exact) mass is 267 g/mol. The zero-order valence-corrected chi connectivity index (χ0v) is 11.7. The van der Waals surface area contributed by atoms with Crippen molar-refractivity contribution in [3.05, 3.63) is 28.3 Å². The number of nitro benzene ring substituents is 1. The van der Waals surface area contributed by atoms with E-state index in [0.29, 0.717) is 12.4 Å². The van der Waals surface area contributed by atoms with Crippen LogP contribution in [0, 0.1) is 10.1 Å². The van der Waals surface area contributed by atoms with E-state index in [4.69, 9.17) is 4.74 Å². The highest BCUT2D eigenvalue weighted by atomic mass is 16.6. The Labute approximate surface area is 113 Å². The summed E-state index contributed by atoms with van der Waals surface area (Å²) in [6, 6.07) is 4.86.